The highest BCUT2D eigenvalue weighted by Crippen LogP contribution is 2.14. The average molecular weight is 297 g/mol. The molecule has 3 heteroatoms. The van der Waals surface area contributed by atoms with Crippen LogP contribution in [0.25, 0.3) is 0 Å². The predicted octanol–water partition coefficient (Wildman–Crippen LogP) is 3.51. The van der Waals surface area contributed by atoms with E-state index in [-0.39, 0.29) is 5.91 Å². The van der Waals surface area contributed by atoms with Gasteiger partial charge in [0.15, 0.2) is 0 Å². The summed E-state index contributed by atoms with van der Waals surface area (Å²) in [5.74, 6) is 0.951. The molecule has 2 aromatic carbocycles. The van der Waals surface area contributed by atoms with Gasteiger partial charge in [-0.25, -0.2) is 0 Å². The molecule has 0 aliphatic heterocycles. The molecule has 0 bridgehead atoms. The summed E-state index contributed by atoms with van der Waals surface area (Å²) in [6.45, 7) is 4.76. The maximum atomic E-state index is 12.3. The van der Waals surface area contributed by atoms with Gasteiger partial charge in [0.1, 0.15) is 5.75 Å². The zero-order chi connectivity index (χ0) is 16.1. The predicted molar refractivity (Wildman–Crippen MR) is 89.1 cm³/mol. The third-order valence-corrected chi connectivity index (χ3v) is 3.93. The first-order valence-electron chi connectivity index (χ1n) is 7.42. The summed E-state index contributed by atoms with van der Waals surface area (Å²) in [7, 11) is 3.49. The standard InChI is InChI=1S/C19H23NO2/c1-14-5-6-17(11-15(14)2)12-19(21)20(3)13-16-7-9-18(22-4)10-8-16/h5-11H,12-13H2,1-4H3. The molecule has 116 valence electrons. The van der Waals surface area contributed by atoms with Gasteiger partial charge in [0.2, 0.25) is 5.91 Å². The van der Waals surface area contributed by atoms with Crippen molar-refractivity contribution >= 4 is 5.91 Å². The molecule has 0 heterocycles. The number of hydrogen-bond acceptors (Lipinski definition) is 2. The van der Waals surface area contributed by atoms with Crippen molar-refractivity contribution in [2.45, 2.75) is 26.8 Å². The Morgan fingerprint density at radius 3 is 2.23 bits per heavy atom. The van der Waals surface area contributed by atoms with Crippen molar-refractivity contribution < 1.29 is 9.53 Å². The highest BCUT2D eigenvalue weighted by Gasteiger charge is 2.11. The molecule has 0 aromatic heterocycles. The first-order valence-corrected chi connectivity index (χ1v) is 7.42. The Hall–Kier alpha value is -2.29. The van der Waals surface area contributed by atoms with Crippen LogP contribution < -0.4 is 4.74 Å². The van der Waals surface area contributed by atoms with Crippen LogP contribution in [0.3, 0.4) is 0 Å². The number of benzene rings is 2. The van der Waals surface area contributed by atoms with Crippen LogP contribution >= 0.6 is 0 Å². The van der Waals surface area contributed by atoms with Crippen LogP contribution in [0.15, 0.2) is 42.5 Å². The number of methoxy groups -OCH3 is 1. The molecular formula is C19H23NO2. The van der Waals surface area contributed by atoms with Crippen molar-refractivity contribution in [1.29, 1.82) is 0 Å². The average Bonchev–Trinajstić information content (AvgIpc) is 2.51. The molecule has 0 saturated carbocycles. The molecule has 2 aromatic rings. The lowest BCUT2D eigenvalue weighted by molar-refractivity contribution is -0.129. The first kappa shape index (κ1) is 16.1. The fourth-order valence-corrected chi connectivity index (χ4v) is 2.32. The number of nitrogens with zero attached hydrogens (tertiary/aromatic N) is 1. The Bertz CT molecular complexity index is 647. The van der Waals surface area contributed by atoms with Gasteiger partial charge in [-0.1, -0.05) is 30.3 Å². The van der Waals surface area contributed by atoms with Gasteiger partial charge in [0.25, 0.3) is 0 Å². The second kappa shape index (κ2) is 7.12. The number of ether oxygens (including phenoxy) is 1. The van der Waals surface area contributed by atoms with Gasteiger partial charge in [-0.2, -0.15) is 0 Å². The Labute approximate surface area is 132 Å². The van der Waals surface area contributed by atoms with Crippen LogP contribution in [0.4, 0.5) is 0 Å². The molecule has 0 fully saturated rings. The minimum absolute atomic E-state index is 0.124. The molecule has 0 atom stereocenters. The molecule has 22 heavy (non-hydrogen) atoms. The van der Waals surface area contributed by atoms with Crippen LogP contribution in [0.5, 0.6) is 5.75 Å². The second-order valence-corrected chi connectivity index (χ2v) is 5.69. The third-order valence-electron chi connectivity index (χ3n) is 3.93. The molecule has 0 aliphatic rings. The molecule has 3 nitrogen and oxygen atoms in total. The summed E-state index contributed by atoms with van der Waals surface area (Å²) in [5.41, 5.74) is 4.64. The van der Waals surface area contributed by atoms with Crippen molar-refractivity contribution in [3.63, 3.8) is 0 Å². The SMILES string of the molecule is COc1ccc(CN(C)C(=O)Cc2ccc(C)c(C)c2)cc1. The largest absolute Gasteiger partial charge is 0.497 e. The van der Waals surface area contributed by atoms with Gasteiger partial charge < -0.3 is 9.64 Å². The lowest BCUT2D eigenvalue weighted by Crippen LogP contribution is -2.27. The van der Waals surface area contributed by atoms with Gasteiger partial charge in [-0.3, -0.25) is 4.79 Å². The number of hydrogen-bond donors (Lipinski definition) is 0. The van der Waals surface area contributed by atoms with Crippen molar-refractivity contribution in [2.24, 2.45) is 0 Å². The maximum absolute atomic E-state index is 12.3. The van der Waals surface area contributed by atoms with Crippen LogP contribution in [0.1, 0.15) is 22.3 Å². The normalized spacial score (nSPS) is 10.4. The summed E-state index contributed by atoms with van der Waals surface area (Å²) in [5, 5.41) is 0. The van der Waals surface area contributed by atoms with E-state index in [0.29, 0.717) is 13.0 Å². The van der Waals surface area contributed by atoms with E-state index in [1.165, 1.54) is 11.1 Å². The molecule has 0 aliphatic carbocycles. The van der Waals surface area contributed by atoms with Crippen molar-refractivity contribution in [1.82, 2.24) is 4.90 Å². The highest BCUT2D eigenvalue weighted by molar-refractivity contribution is 5.78. The Morgan fingerprint density at radius 1 is 1.00 bits per heavy atom. The molecule has 1 amide bonds. The van der Waals surface area contributed by atoms with E-state index in [0.717, 1.165) is 16.9 Å². The minimum Gasteiger partial charge on any atom is -0.497 e. The van der Waals surface area contributed by atoms with E-state index in [9.17, 15) is 4.79 Å². The van der Waals surface area contributed by atoms with Crippen molar-refractivity contribution in [3.8, 4) is 5.75 Å². The molecule has 2 rings (SSSR count). The van der Waals surface area contributed by atoms with Crippen molar-refractivity contribution in [3.05, 3.63) is 64.7 Å². The summed E-state index contributed by atoms with van der Waals surface area (Å²) in [6, 6.07) is 14.0. The summed E-state index contributed by atoms with van der Waals surface area (Å²) < 4.78 is 5.14. The molecule has 0 spiro atoms. The summed E-state index contributed by atoms with van der Waals surface area (Å²) >= 11 is 0. The quantitative estimate of drug-likeness (QED) is 0.845. The van der Waals surface area contributed by atoms with Crippen LogP contribution in [-0.2, 0) is 17.8 Å². The third kappa shape index (κ3) is 4.10. The van der Waals surface area contributed by atoms with E-state index in [4.69, 9.17) is 4.74 Å². The maximum Gasteiger partial charge on any atom is 0.227 e. The van der Waals surface area contributed by atoms with E-state index in [1.54, 1.807) is 12.0 Å². The number of carbonyl (C=O) groups is 1. The van der Waals surface area contributed by atoms with Gasteiger partial charge in [0.05, 0.1) is 13.5 Å². The molecule has 0 unspecified atom stereocenters. The number of likely N-dealkylation sites (N-methyl/N-ethyl adjacent to an activating group) is 1. The number of aryl methyl sites for hydroxylation is 2. The number of rotatable bonds is 5. The zero-order valence-electron chi connectivity index (χ0n) is 13.7. The van der Waals surface area contributed by atoms with Gasteiger partial charge in [0, 0.05) is 13.6 Å². The fraction of sp³-hybridized carbons (Fsp3) is 0.316. The lowest BCUT2D eigenvalue weighted by Gasteiger charge is -2.18. The van der Waals surface area contributed by atoms with Crippen molar-refractivity contribution in [2.75, 3.05) is 14.2 Å². The van der Waals surface area contributed by atoms with E-state index >= 15 is 0 Å². The molecule has 0 N–H and O–H groups in total. The topological polar surface area (TPSA) is 29.5 Å². The Kier molecular flexibility index (Phi) is 5.21. The first-order chi connectivity index (χ1) is 10.5. The Morgan fingerprint density at radius 2 is 1.64 bits per heavy atom. The van der Waals surface area contributed by atoms with Gasteiger partial charge in [-0.15, -0.1) is 0 Å². The van der Waals surface area contributed by atoms with Gasteiger partial charge in [-0.05, 0) is 48.2 Å². The monoisotopic (exact) mass is 297 g/mol. The van der Waals surface area contributed by atoms with Crippen LogP contribution in [0.2, 0.25) is 0 Å². The van der Waals surface area contributed by atoms with E-state index in [2.05, 4.69) is 26.0 Å². The molecular weight excluding hydrogens is 274 g/mol. The van der Waals surface area contributed by atoms with E-state index < -0.39 is 0 Å². The lowest BCUT2D eigenvalue weighted by atomic mass is 10.0. The highest BCUT2D eigenvalue weighted by atomic mass is 16.5. The minimum atomic E-state index is 0.124. The summed E-state index contributed by atoms with van der Waals surface area (Å²) in [4.78, 5) is 14.1. The van der Waals surface area contributed by atoms with Crippen LogP contribution in [0, 0.1) is 13.8 Å². The van der Waals surface area contributed by atoms with E-state index in [1.807, 2.05) is 37.4 Å². The summed E-state index contributed by atoms with van der Waals surface area (Å²) in [6.07, 6.45) is 0.438. The molecule has 0 saturated heterocycles. The number of carbonyl (C=O) groups excluding carboxylic acids is 1. The van der Waals surface area contributed by atoms with Gasteiger partial charge >= 0.3 is 0 Å². The van der Waals surface area contributed by atoms with Crippen LogP contribution in [-0.4, -0.2) is 25.0 Å². The fourth-order valence-electron chi connectivity index (χ4n) is 2.32. The second-order valence-electron chi connectivity index (χ2n) is 5.69. The zero-order valence-corrected chi connectivity index (χ0v) is 13.7. The number of amides is 1. The molecule has 0 radical (unpaired) electrons. The Balaban J connectivity index is 1.97. The smallest absolute Gasteiger partial charge is 0.227 e.